The van der Waals surface area contributed by atoms with Gasteiger partial charge >= 0.3 is 0 Å². The van der Waals surface area contributed by atoms with Crippen molar-refractivity contribution in [1.82, 2.24) is 5.32 Å². The van der Waals surface area contributed by atoms with Gasteiger partial charge in [-0.25, -0.2) is 0 Å². The van der Waals surface area contributed by atoms with Crippen LogP contribution in [-0.2, 0) is 4.74 Å². The van der Waals surface area contributed by atoms with Crippen molar-refractivity contribution in [2.75, 3.05) is 13.2 Å². The predicted molar refractivity (Wildman–Crippen MR) is 73.1 cm³/mol. The number of ether oxygens (including phenoxy) is 1. The fourth-order valence-electron chi connectivity index (χ4n) is 2.58. The summed E-state index contributed by atoms with van der Waals surface area (Å²) in [4.78, 5) is 0. The highest BCUT2D eigenvalue weighted by molar-refractivity contribution is 5.02. The van der Waals surface area contributed by atoms with Gasteiger partial charge in [0.05, 0.1) is 6.10 Å². The zero-order valence-corrected chi connectivity index (χ0v) is 12.0. The number of nitrogens with one attached hydrogen (secondary N) is 1. The smallest absolute Gasteiger partial charge is 0.0655 e. The van der Waals surface area contributed by atoms with Gasteiger partial charge < -0.3 is 15.8 Å². The van der Waals surface area contributed by atoms with Crippen molar-refractivity contribution in [1.29, 1.82) is 0 Å². The van der Waals surface area contributed by atoms with Crippen molar-refractivity contribution in [3.63, 3.8) is 0 Å². The minimum Gasteiger partial charge on any atom is -0.378 e. The normalized spacial score (nSPS) is 28.8. The van der Waals surface area contributed by atoms with Crippen LogP contribution in [0.15, 0.2) is 0 Å². The van der Waals surface area contributed by atoms with Crippen LogP contribution in [0.3, 0.4) is 0 Å². The molecule has 3 N–H and O–H groups in total. The number of hydrogen-bond donors (Lipinski definition) is 2. The van der Waals surface area contributed by atoms with Crippen molar-refractivity contribution in [3.05, 3.63) is 0 Å². The largest absolute Gasteiger partial charge is 0.378 e. The molecule has 3 unspecified atom stereocenters. The van der Waals surface area contributed by atoms with Crippen LogP contribution in [0.4, 0.5) is 0 Å². The first-order chi connectivity index (χ1) is 8.02. The van der Waals surface area contributed by atoms with Gasteiger partial charge in [-0.3, -0.25) is 0 Å². The lowest BCUT2D eigenvalue weighted by Gasteiger charge is -2.52. The van der Waals surface area contributed by atoms with Crippen LogP contribution < -0.4 is 11.1 Å². The molecule has 3 heteroatoms. The van der Waals surface area contributed by atoms with Crippen LogP contribution in [0.25, 0.3) is 0 Å². The fraction of sp³-hybridized carbons (Fsp3) is 1.00. The van der Waals surface area contributed by atoms with E-state index in [9.17, 15) is 0 Å². The number of rotatable bonds is 8. The van der Waals surface area contributed by atoms with Gasteiger partial charge in [0, 0.05) is 30.7 Å². The van der Waals surface area contributed by atoms with Gasteiger partial charge in [0.15, 0.2) is 0 Å². The number of unbranched alkanes of at least 4 members (excludes halogenated alkanes) is 1. The van der Waals surface area contributed by atoms with Crippen molar-refractivity contribution in [2.45, 2.75) is 71.6 Å². The van der Waals surface area contributed by atoms with Crippen LogP contribution in [0.5, 0.6) is 0 Å². The van der Waals surface area contributed by atoms with E-state index >= 15 is 0 Å². The minimum atomic E-state index is 0.250. The lowest BCUT2D eigenvalue weighted by atomic mass is 9.64. The third-order valence-electron chi connectivity index (χ3n) is 4.10. The first-order valence-electron chi connectivity index (χ1n) is 7.12. The molecule has 1 aliphatic carbocycles. The summed E-state index contributed by atoms with van der Waals surface area (Å²) in [6, 6.07) is 0.864. The summed E-state index contributed by atoms with van der Waals surface area (Å²) in [5.74, 6) is 0. The molecule has 0 bridgehead atoms. The lowest BCUT2D eigenvalue weighted by Crippen LogP contribution is -2.62. The van der Waals surface area contributed by atoms with E-state index in [1.165, 1.54) is 12.8 Å². The van der Waals surface area contributed by atoms with Gasteiger partial charge in [0.2, 0.25) is 0 Å². The van der Waals surface area contributed by atoms with E-state index in [4.69, 9.17) is 10.5 Å². The molecule has 0 radical (unpaired) electrons. The molecule has 1 aliphatic rings. The van der Waals surface area contributed by atoms with Crippen molar-refractivity contribution in [2.24, 2.45) is 11.1 Å². The molecule has 0 aromatic carbocycles. The van der Waals surface area contributed by atoms with Crippen LogP contribution >= 0.6 is 0 Å². The van der Waals surface area contributed by atoms with Gasteiger partial charge in [-0.05, 0) is 19.8 Å². The summed E-state index contributed by atoms with van der Waals surface area (Å²) in [5, 5.41) is 3.60. The second-order valence-electron chi connectivity index (χ2n) is 5.86. The zero-order valence-electron chi connectivity index (χ0n) is 12.0. The van der Waals surface area contributed by atoms with E-state index < -0.39 is 0 Å². The lowest BCUT2D eigenvalue weighted by molar-refractivity contribution is -0.114. The molecule has 0 heterocycles. The molecule has 0 spiro atoms. The van der Waals surface area contributed by atoms with Crippen LogP contribution in [0.1, 0.15) is 53.4 Å². The quantitative estimate of drug-likeness (QED) is 0.686. The number of hydrogen-bond acceptors (Lipinski definition) is 3. The molecule has 3 atom stereocenters. The van der Waals surface area contributed by atoms with Gasteiger partial charge in [0.1, 0.15) is 0 Å². The molecule has 3 nitrogen and oxygen atoms in total. The summed E-state index contributed by atoms with van der Waals surface area (Å²) in [7, 11) is 0. The van der Waals surface area contributed by atoms with Crippen molar-refractivity contribution in [3.8, 4) is 0 Å². The first-order valence-corrected chi connectivity index (χ1v) is 7.12. The van der Waals surface area contributed by atoms with Crippen molar-refractivity contribution >= 4 is 0 Å². The summed E-state index contributed by atoms with van der Waals surface area (Å²) in [5.41, 5.74) is 6.33. The van der Waals surface area contributed by atoms with Gasteiger partial charge in [0.25, 0.3) is 0 Å². The average Bonchev–Trinajstić information content (AvgIpc) is 2.30. The highest BCUT2D eigenvalue weighted by atomic mass is 16.5. The Balaban J connectivity index is 2.21. The molecule has 0 aromatic heterocycles. The fourth-order valence-corrected chi connectivity index (χ4v) is 2.58. The maximum absolute atomic E-state index is 6.08. The first kappa shape index (κ1) is 14.9. The number of nitrogens with two attached hydrogens (primary N) is 1. The third-order valence-corrected chi connectivity index (χ3v) is 4.10. The Bertz CT molecular complexity index is 218. The summed E-state index contributed by atoms with van der Waals surface area (Å²) in [6.45, 7) is 10.6. The third kappa shape index (κ3) is 3.94. The minimum absolute atomic E-state index is 0.250. The monoisotopic (exact) mass is 242 g/mol. The topological polar surface area (TPSA) is 47.3 Å². The van der Waals surface area contributed by atoms with E-state index in [0.29, 0.717) is 18.2 Å². The predicted octanol–water partition coefficient (Wildman–Crippen LogP) is 2.30. The molecule has 0 aromatic rings. The Morgan fingerprint density at radius 3 is 2.65 bits per heavy atom. The maximum atomic E-state index is 6.08. The van der Waals surface area contributed by atoms with Gasteiger partial charge in [-0.1, -0.05) is 33.6 Å². The zero-order chi connectivity index (χ0) is 12.9. The molecular weight excluding hydrogens is 212 g/mol. The SMILES string of the molecule is CCCCC(N)CNC1CC(OCC)C1(C)C. The van der Waals surface area contributed by atoms with E-state index in [2.05, 4.69) is 33.0 Å². The Kier molecular flexibility index (Phi) is 5.90. The second-order valence-corrected chi connectivity index (χ2v) is 5.86. The Hall–Kier alpha value is -0.120. The maximum Gasteiger partial charge on any atom is 0.0655 e. The van der Waals surface area contributed by atoms with Crippen LogP contribution in [0, 0.1) is 5.41 Å². The molecule has 0 saturated heterocycles. The van der Waals surface area contributed by atoms with E-state index in [1.54, 1.807) is 0 Å². The molecule has 0 amide bonds. The van der Waals surface area contributed by atoms with E-state index in [1.807, 2.05) is 0 Å². The second kappa shape index (κ2) is 6.72. The molecule has 1 saturated carbocycles. The standard InChI is InChI=1S/C14H30N2O/c1-5-7-8-11(15)10-16-12-9-13(17-6-2)14(12,3)4/h11-13,16H,5-10,15H2,1-4H3. The molecule has 17 heavy (non-hydrogen) atoms. The Labute approximate surface area is 106 Å². The summed E-state index contributed by atoms with van der Waals surface area (Å²) >= 11 is 0. The molecule has 102 valence electrons. The van der Waals surface area contributed by atoms with Crippen LogP contribution in [0.2, 0.25) is 0 Å². The molecule has 1 fully saturated rings. The van der Waals surface area contributed by atoms with Gasteiger partial charge in [-0.15, -0.1) is 0 Å². The molecule has 1 rings (SSSR count). The Morgan fingerprint density at radius 2 is 2.12 bits per heavy atom. The highest BCUT2D eigenvalue weighted by Crippen LogP contribution is 2.42. The highest BCUT2D eigenvalue weighted by Gasteiger charge is 2.48. The van der Waals surface area contributed by atoms with E-state index in [-0.39, 0.29) is 5.41 Å². The van der Waals surface area contributed by atoms with Crippen molar-refractivity contribution < 1.29 is 4.74 Å². The molecular formula is C14H30N2O. The van der Waals surface area contributed by atoms with E-state index in [0.717, 1.165) is 26.0 Å². The van der Waals surface area contributed by atoms with Crippen LogP contribution in [-0.4, -0.2) is 31.3 Å². The summed E-state index contributed by atoms with van der Waals surface area (Å²) < 4.78 is 5.72. The van der Waals surface area contributed by atoms with Gasteiger partial charge in [-0.2, -0.15) is 0 Å². The molecule has 0 aliphatic heterocycles. The average molecular weight is 242 g/mol. The summed E-state index contributed by atoms with van der Waals surface area (Å²) in [6.07, 6.45) is 5.14. The Morgan fingerprint density at radius 1 is 1.41 bits per heavy atom.